The van der Waals surface area contributed by atoms with Crippen LogP contribution in [0.3, 0.4) is 0 Å². The maximum absolute atomic E-state index is 13.8. The molecule has 0 unspecified atom stereocenters. The first-order valence-corrected chi connectivity index (χ1v) is 7.09. The lowest BCUT2D eigenvalue weighted by molar-refractivity contribution is -0.195. The predicted octanol–water partition coefficient (Wildman–Crippen LogP) is 3.04. The van der Waals surface area contributed by atoms with E-state index in [1.165, 1.54) is 18.3 Å². The molecule has 1 N–H and O–H groups in total. The van der Waals surface area contributed by atoms with Crippen molar-refractivity contribution in [2.24, 2.45) is 0 Å². The fraction of sp³-hybridized carbons (Fsp3) is 0.188. The summed E-state index contributed by atoms with van der Waals surface area (Å²) in [6.07, 6.45) is -3.82. The molecule has 1 fully saturated rings. The molecule has 2 heterocycles. The van der Waals surface area contributed by atoms with Gasteiger partial charge in [0.15, 0.2) is 0 Å². The van der Waals surface area contributed by atoms with Crippen LogP contribution in [0, 0.1) is 12.7 Å². The third kappa shape index (κ3) is 2.51. The van der Waals surface area contributed by atoms with Gasteiger partial charge in [0, 0.05) is 6.20 Å². The highest BCUT2D eigenvalue weighted by atomic mass is 19.4. The van der Waals surface area contributed by atoms with Gasteiger partial charge in [-0.2, -0.15) is 13.2 Å². The van der Waals surface area contributed by atoms with Crippen LogP contribution >= 0.6 is 0 Å². The zero-order valence-electron chi connectivity index (χ0n) is 12.8. The highest BCUT2D eigenvalue weighted by molar-refractivity contribution is 6.23. The third-order valence-electron chi connectivity index (χ3n) is 3.85. The summed E-state index contributed by atoms with van der Waals surface area (Å²) in [6, 6.07) is 4.71. The van der Waals surface area contributed by atoms with Crippen molar-refractivity contribution in [3.05, 3.63) is 59.5 Å². The van der Waals surface area contributed by atoms with Crippen molar-refractivity contribution < 1.29 is 27.2 Å². The SMILES string of the molecule is Cc1ccc(N2C(=O)N[C@@](c3ccc(F)cc3)(C(F)(F)F)C2=O)nc1. The van der Waals surface area contributed by atoms with Gasteiger partial charge in [-0.25, -0.2) is 19.1 Å². The molecule has 25 heavy (non-hydrogen) atoms. The summed E-state index contributed by atoms with van der Waals surface area (Å²) in [5.41, 5.74) is -3.18. The number of nitrogens with one attached hydrogen (secondary N) is 1. The normalized spacial score (nSPS) is 20.8. The number of aryl methyl sites for hydroxylation is 1. The fourth-order valence-electron chi connectivity index (χ4n) is 2.58. The molecular weight excluding hydrogens is 342 g/mol. The molecule has 0 radical (unpaired) electrons. The van der Waals surface area contributed by atoms with Crippen molar-refractivity contribution in [3.63, 3.8) is 0 Å². The molecule has 3 amide bonds. The van der Waals surface area contributed by atoms with E-state index in [-0.39, 0.29) is 5.82 Å². The molecule has 1 aromatic heterocycles. The van der Waals surface area contributed by atoms with Crippen LogP contribution in [0.4, 0.5) is 28.2 Å². The highest BCUT2D eigenvalue weighted by Gasteiger charge is 2.69. The second-order valence-electron chi connectivity index (χ2n) is 5.52. The van der Waals surface area contributed by atoms with E-state index in [2.05, 4.69) is 4.98 Å². The monoisotopic (exact) mass is 353 g/mol. The van der Waals surface area contributed by atoms with E-state index >= 15 is 0 Å². The Kier molecular flexibility index (Phi) is 3.74. The van der Waals surface area contributed by atoms with Crippen LogP contribution in [0.1, 0.15) is 11.1 Å². The number of hydrogen-bond donors (Lipinski definition) is 1. The predicted molar refractivity (Wildman–Crippen MR) is 79.1 cm³/mol. The van der Waals surface area contributed by atoms with Gasteiger partial charge >= 0.3 is 12.2 Å². The minimum absolute atomic E-state index is 0.235. The summed E-state index contributed by atoms with van der Waals surface area (Å²) in [5, 5.41) is 1.71. The average Bonchev–Trinajstić information content (AvgIpc) is 2.81. The second kappa shape index (κ2) is 5.54. The van der Waals surface area contributed by atoms with Gasteiger partial charge in [-0.1, -0.05) is 18.2 Å². The number of urea groups is 1. The number of benzene rings is 1. The Morgan fingerprint density at radius 3 is 2.24 bits per heavy atom. The minimum atomic E-state index is -5.14. The maximum atomic E-state index is 13.8. The maximum Gasteiger partial charge on any atom is 0.425 e. The van der Waals surface area contributed by atoms with Gasteiger partial charge in [-0.15, -0.1) is 0 Å². The van der Waals surface area contributed by atoms with Crippen molar-refractivity contribution in [2.45, 2.75) is 18.6 Å². The molecule has 130 valence electrons. The summed E-state index contributed by atoms with van der Waals surface area (Å²) in [5.74, 6) is -2.55. The molecule has 1 aliphatic heterocycles. The third-order valence-corrected chi connectivity index (χ3v) is 3.85. The van der Waals surface area contributed by atoms with E-state index in [1.54, 1.807) is 12.2 Å². The van der Waals surface area contributed by atoms with Gasteiger partial charge in [0.25, 0.3) is 5.91 Å². The highest BCUT2D eigenvalue weighted by Crippen LogP contribution is 2.44. The van der Waals surface area contributed by atoms with Gasteiger partial charge in [-0.3, -0.25) is 4.79 Å². The molecule has 0 bridgehead atoms. The average molecular weight is 353 g/mol. The molecule has 0 spiro atoms. The molecule has 1 aromatic carbocycles. The topological polar surface area (TPSA) is 62.3 Å². The van der Waals surface area contributed by atoms with Crippen LogP contribution in [-0.2, 0) is 10.3 Å². The number of carbonyl (C=O) groups excluding carboxylic acids is 2. The number of hydrogen-bond acceptors (Lipinski definition) is 3. The summed E-state index contributed by atoms with van der Waals surface area (Å²) < 4.78 is 54.5. The molecule has 1 aliphatic rings. The Hall–Kier alpha value is -2.97. The van der Waals surface area contributed by atoms with E-state index < -0.39 is 35.0 Å². The van der Waals surface area contributed by atoms with Crippen molar-refractivity contribution in [3.8, 4) is 0 Å². The quantitative estimate of drug-likeness (QED) is 0.667. The Morgan fingerprint density at radius 2 is 1.72 bits per heavy atom. The molecule has 1 saturated heterocycles. The molecule has 0 saturated carbocycles. The van der Waals surface area contributed by atoms with E-state index in [0.717, 1.165) is 24.3 Å². The fourth-order valence-corrected chi connectivity index (χ4v) is 2.58. The van der Waals surface area contributed by atoms with Gasteiger partial charge in [0.2, 0.25) is 5.54 Å². The summed E-state index contributed by atoms with van der Waals surface area (Å²) in [4.78, 5) is 29.0. The Labute approximate surface area is 139 Å². The van der Waals surface area contributed by atoms with Gasteiger partial charge in [-0.05, 0) is 36.2 Å². The van der Waals surface area contributed by atoms with E-state index in [4.69, 9.17) is 0 Å². The zero-order chi connectivity index (χ0) is 18.4. The first-order chi connectivity index (χ1) is 11.7. The number of aromatic nitrogens is 1. The Morgan fingerprint density at radius 1 is 1.08 bits per heavy atom. The lowest BCUT2D eigenvalue weighted by Crippen LogP contribution is -2.55. The molecule has 2 aromatic rings. The second-order valence-corrected chi connectivity index (χ2v) is 5.52. The van der Waals surface area contributed by atoms with Crippen LogP contribution in [0.15, 0.2) is 42.6 Å². The Balaban J connectivity index is 2.15. The van der Waals surface area contributed by atoms with Crippen LogP contribution in [0.2, 0.25) is 0 Å². The number of amides is 3. The van der Waals surface area contributed by atoms with Crippen molar-refractivity contribution >= 4 is 17.8 Å². The van der Waals surface area contributed by atoms with Crippen LogP contribution in [0.5, 0.6) is 0 Å². The summed E-state index contributed by atoms with van der Waals surface area (Å²) >= 11 is 0. The number of carbonyl (C=O) groups is 2. The van der Waals surface area contributed by atoms with Gasteiger partial charge in [0.05, 0.1) is 0 Å². The Bertz CT molecular complexity index is 834. The van der Waals surface area contributed by atoms with Gasteiger partial charge < -0.3 is 5.32 Å². The van der Waals surface area contributed by atoms with Crippen molar-refractivity contribution in [1.82, 2.24) is 10.3 Å². The molecule has 5 nitrogen and oxygen atoms in total. The van der Waals surface area contributed by atoms with Crippen molar-refractivity contribution in [1.29, 1.82) is 0 Å². The largest absolute Gasteiger partial charge is 0.425 e. The molecule has 9 heteroatoms. The molecule has 3 rings (SSSR count). The number of alkyl halides is 3. The minimum Gasteiger partial charge on any atom is -0.311 e. The number of halogens is 4. The number of rotatable bonds is 2. The molecule has 0 aliphatic carbocycles. The van der Waals surface area contributed by atoms with E-state index in [9.17, 15) is 27.2 Å². The van der Waals surface area contributed by atoms with E-state index in [1.807, 2.05) is 0 Å². The van der Waals surface area contributed by atoms with E-state index in [0.29, 0.717) is 10.5 Å². The van der Waals surface area contributed by atoms with Crippen molar-refractivity contribution in [2.75, 3.05) is 4.90 Å². The first kappa shape index (κ1) is 16.9. The zero-order valence-corrected chi connectivity index (χ0v) is 12.8. The summed E-state index contributed by atoms with van der Waals surface area (Å²) in [6.45, 7) is 1.70. The smallest absolute Gasteiger partial charge is 0.311 e. The van der Waals surface area contributed by atoms with Crippen LogP contribution in [0.25, 0.3) is 0 Å². The molecule has 1 atom stereocenters. The van der Waals surface area contributed by atoms with Gasteiger partial charge in [0.1, 0.15) is 11.6 Å². The van der Waals surface area contributed by atoms with Crippen LogP contribution in [-0.4, -0.2) is 23.1 Å². The standard InChI is InChI=1S/C16H11F4N3O2/c1-9-2-7-12(21-8-9)23-13(24)15(16(18,19)20,22-14(23)25)10-3-5-11(17)6-4-10/h2-8H,1H3,(H,22,25)/t15-/m1/s1. The number of nitrogens with zero attached hydrogens (tertiary/aromatic N) is 2. The van der Waals surface area contributed by atoms with Crippen LogP contribution < -0.4 is 10.2 Å². The molecular formula is C16H11F4N3O2. The summed E-state index contributed by atoms with van der Waals surface area (Å²) in [7, 11) is 0. The number of pyridine rings is 1. The first-order valence-electron chi connectivity index (χ1n) is 7.09. The number of imide groups is 1. The number of anilines is 1. The lowest BCUT2D eigenvalue weighted by Gasteiger charge is -2.29. The lowest BCUT2D eigenvalue weighted by atomic mass is 9.89.